The van der Waals surface area contributed by atoms with Crippen molar-refractivity contribution in [2.75, 3.05) is 13.7 Å². The maximum Gasteiger partial charge on any atom is 0.266 e. The molecule has 0 N–H and O–H groups in total. The molecule has 2 aromatic carbocycles. The molecule has 1 aliphatic heterocycles. The molecule has 2 aromatic rings. The second-order valence-corrected chi connectivity index (χ2v) is 7.63. The number of nitrogens with zero attached hydrogens (tertiary/aromatic N) is 2. The Morgan fingerprint density at radius 2 is 1.96 bits per heavy atom. The molecule has 1 amide bonds. The molecular formula is C21H21ClN2O2S. The molecule has 1 fully saturated rings. The van der Waals surface area contributed by atoms with Gasteiger partial charge in [-0.2, -0.15) is 0 Å². The van der Waals surface area contributed by atoms with Crippen LogP contribution in [0.4, 0.5) is 5.69 Å². The molecular weight excluding hydrogens is 380 g/mol. The number of rotatable bonds is 5. The van der Waals surface area contributed by atoms with Gasteiger partial charge < -0.3 is 4.74 Å². The van der Waals surface area contributed by atoms with E-state index in [9.17, 15) is 4.79 Å². The van der Waals surface area contributed by atoms with E-state index < -0.39 is 0 Å². The second-order valence-electron chi connectivity index (χ2n) is 6.18. The van der Waals surface area contributed by atoms with E-state index in [1.165, 1.54) is 17.3 Å². The topological polar surface area (TPSA) is 41.9 Å². The van der Waals surface area contributed by atoms with E-state index in [1.807, 2.05) is 44.2 Å². The Balaban J connectivity index is 1.98. The molecule has 0 unspecified atom stereocenters. The third-order valence-corrected chi connectivity index (χ3v) is 5.31. The SMILES string of the molecule is CCCN1C(=O)C(=Cc2cc(Cl)ccc2OC)SC1=Nc1ccc(C)cc1. The highest BCUT2D eigenvalue weighted by molar-refractivity contribution is 8.18. The second kappa shape index (κ2) is 8.63. The van der Waals surface area contributed by atoms with Gasteiger partial charge in [-0.1, -0.05) is 36.2 Å². The molecule has 140 valence electrons. The maximum atomic E-state index is 12.9. The van der Waals surface area contributed by atoms with Gasteiger partial charge in [0, 0.05) is 17.1 Å². The highest BCUT2D eigenvalue weighted by Crippen LogP contribution is 2.36. The van der Waals surface area contributed by atoms with Gasteiger partial charge in [0.1, 0.15) is 5.75 Å². The summed E-state index contributed by atoms with van der Waals surface area (Å²) in [5.74, 6) is 0.626. The van der Waals surface area contributed by atoms with E-state index in [0.717, 1.165) is 17.7 Å². The van der Waals surface area contributed by atoms with Crippen molar-refractivity contribution in [3.8, 4) is 5.75 Å². The van der Waals surface area contributed by atoms with Gasteiger partial charge in [0.2, 0.25) is 0 Å². The third kappa shape index (κ3) is 4.54. The normalized spacial score (nSPS) is 17.2. The van der Waals surface area contributed by atoms with Crippen molar-refractivity contribution in [2.45, 2.75) is 20.3 Å². The molecule has 3 rings (SSSR count). The van der Waals surface area contributed by atoms with E-state index in [2.05, 4.69) is 4.99 Å². The molecule has 0 aliphatic carbocycles. The lowest BCUT2D eigenvalue weighted by atomic mass is 10.2. The van der Waals surface area contributed by atoms with Gasteiger partial charge >= 0.3 is 0 Å². The predicted octanol–water partition coefficient (Wildman–Crippen LogP) is 5.67. The first-order chi connectivity index (χ1) is 13.0. The summed E-state index contributed by atoms with van der Waals surface area (Å²) in [7, 11) is 1.60. The Hall–Kier alpha value is -2.24. The number of thioether (sulfide) groups is 1. The van der Waals surface area contributed by atoms with Gasteiger partial charge in [0.25, 0.3) is 5.91 Å². The molecule has 6 heteroatoms. The van der Waals surface area contributed by atoms with Crippen LogP contribution in [0.25, 0.3) is 6.08 Å². The van der Waals surface area contributed by atoms with Crippen molar-refractivity contribution >= 4 is 46.2 Å². The molecule has 0 radical (unpaired) electrons. The monoisotopic (exact) mass is 400 g/mol. The van der Waals surface area contributed by atoms with Crippen molar-refractivity contribution in [3.63, 3.8) is 0 Å². The molecule has 0 bridgehead atoms. The Labute approximate surface area is 168 Å². The standard InChI is InChI=1S/C21H21ClN2O2S/c1-4-11-24-20(25)19(13-15-12-16(22)7-10-18(15)26-3)27-21(24)23-17-8-5-14(2)6-9-17/h5-10,12-13H,4,11H2,1-3H3. The lowest BCUT2D eigenvalue weighted by Crippen LogP contribution is -2.29. The van der Waals surface area contributed by atoms with E-state index in [4.69, 9.17) is 16.3 Å². The van der Waals surface area contributed by atoms with Gasteiger partial charge in [0.15, 0.2) is 5.17 Å². The molecule has 1 saturated heterocycles. The number of aliphatic imine (C=N–C) groups is 1. The average Bonchev–Trinajstić information content (AvgIpc) is 2.93. The number of carbonyl (C=O) groups is 1. The zero-order valence-electron chi connectivity index (χ0n) is 15.5. The zero-order chi connectivity index (χ0) is 19.4. The average molecular weight is 401 g/mol. The minimum atomic E-state index is -0.0465. The van der Waals surface area contributed by atoms with Gasteiger partial charge in [-0.05, 0) is 61.5 Å². The summed E-state index contributed by atoms with van der Waals surface area (Å²) in [5.41, 5.74) is 2.78. The van der Waals surface area contributed by atoms with Gasteiger partial charge in [-0.3, -0.25) is 9.69 Å². The van der Waals surface area contributed by atoms with E-state index in [0.29, 0.717) is 27.4 Å². The summed E-state index contributed by atoms with van der Waals surface area (Å²) >= 11 is 7.49. The van der Waals surface area contributed by atoms with E-state index in [1.54, 1.807) is 30.2 Å². The van der Waals surface area contributed by atoms with Crippen molar-refractivity contribution in [2.24, 2.45) is 4.99 Å². The van der Waals surface area contributed by atoms with Crippen molar-refractivity contribution in [3.05, 3.63) is 63.5 Å². The van der Waals surface area contributed by atoms with Crippen LogP contribution in [0.1, 0.15) is 24.5 Å². The van der Waals surface area contributed by atoms with Crippen molar-refractivity contribution in [1.82, 2.24) is 4.90 Å². The summed E-state index contributed by atoms with van der Waals surface area (Å²) in [4.78, 5) is 19.9. The van der Waals surface area contributed by atoms with E-state index in [-0.39, 0.29) is 5.91 Å². The first kappa shape index (κ1) is 19.5. The molecule has 0 aromatic heterocycles. The number of ether oxygens (including phenoxy) is 1. The Bertz CT molecular complexity index is 907. The minimum Gasteiger partial charge on any atom is -0.496 e. The highest BCUT2D eigenvalue weighted by Gasteiger charge is 2.33. The smallest absolute Gasteiger partial charge is 0.266 e. The number of hydrogen-bond donors (Lipinski definition) is 0. The number of hydrogen-bond acceptors (Lipinski definition) is 4. The summed E-state index contributed by atoms with van der Waals surface area (Å²) in [6.45, 7) is 4.71. The number of methoxy groups -OCH3 is 1. The summed E-state index contributed by atoms with van der Waals surface area (Å²) in [6, 6.07) is 13.3. The molecule has 0 spiro atoms. The van der Waals surface area contributed by atoms with Gasteiger partial charge in [-0.15, -0.1) is 0 Å². The number of halogens is 1. The van der Waals surface area contributed by atoms with Crippen LogP contribution in [0, 0.1) is 6.92 Å². The van der Waals surface area contributed by atoms with E-state index >= 15 is 0 Å². The maximum absolute atomic E-state index is 12.9. The molecule has 0 saturated carbocycles. The summed E-state index contributed by atoms with van der Waals surface area (Å²) < 4.78 is 5.39. The molecule has 0 atom stereocenters. The summed E-state index contributed by atoms with van der Waals surface area (Å²) in [6.07, 6.45) is 2.67. The number of carbonyl (C=O) groups excluding carboxylic acids is 1. The largest absolute Gasteiger partial charge is 0.496 e. The molecule has 4 nitrogen and oxygen atoms in total. The Morgan fingerprint density at radius 3 is 2.63 bits per heavy atom. The molecule has 1 heterocycles. The van der Waals surface area contributed by atoms with Crippen molar-refractivity contribution in [1.29, 1.82) is 0 Å². The first-order valence-electron chi connectivity index (χ1n) is 8.72. The lowest BCUT2D eigenvalue weighted by molar-refractivity contribution is -0.122. The van der Waals surface area contributed by atoms with Crippen LogP contribution in [0.2, 0.25) is 5.02 Å². The quantitative estimate of drug-likeness (QED) is 0.607. The predicted molar refractivity (Wildman–Crippen MR) is 114 cm³/mol. The van der Waals surface area contributed by atoms with Crippen LogP contribution in [-0.4, -0.2) is 29.6 Å². The number of benzene rings is 2. The minimum absolute atomic E-state index is 0.0465. The van der Waals surface area contributed by atoms with Gasteiger partial charge in [-0.25, -0.2) is 4.99 Å². The zero-order valence-corrected chi connectivity index (χ0v) is 17.1. The Kier molecular flexibility index (Phi) is 6.24. The lowest BCUT2D eigenvalue weighted by Gasteiger charge is -2.14. The van der Waals surface area contributed by atoms with Crippen LogP contribution in [-0.2, 0) is 4.79 Å². The van der Waals surface area contributed by atoms with Crippen LogP contribution in [0.5, 0.6) is 5.75 Å². The fourth-order valence-electron chi connectivity index (χ4n) is 2.70. The van der Waals surface area contributed by atoms with Crippen LogP contribution < -0.4 is 4.74 Å². The Morgan fingerprint density at radius 1 is 1.22 bits per heavy atom. The number of aryl methyl sites for hydroxylation is 1. The van der Waals surface area contributed by atoms with Crippen LogP contribution >= 0.6 is 23.4 Å². The number of amides is 1. The van der Waals surface area contributed by atoms with Crippen molar-refractivity contribution < 1.29 is 9.53 Å². The van der Waals surface area contributed by atoms with Crippen LogP contribution in [0.3, 0.4) is 0 Å². The highest BCUT2D eigenvalue weighted by atomic mass is 35.5. The number of amidine groups is 1. The van der Waals surface area contributed by atoms with Gasteiger partial charge in [0.05, 0.1) is 17.7 Å². The fourth-order valence-corrected chi connectivity index (χ4v) is 3.90. The molecule has 27 heavy (non-hydrogen) atoms. The fraction of sp³-hybridized carbons (Fsp3) is 0.238. The van der Waals surface area contributed by atoms with Crippen LogP contribution in [0.15, 0.2) is 52.4 Å². The first-order valence-corrected chi connectivity index (χ1v) is 9.91. The summed E-state index contributed by atoms with van der Waals surface area (Å²) in [5, 5.41) is 1.29. The third-order valence-electron chi connectivity index (χ3n) is 4.07. The molecule has 1 aliphatic rings.